The van der Waals surface area contributed by atoms with Crippen LogP contribution < -0.4 is 16.2 Å². The summed E-state index contributed by atoms with van der Waals surface area (Å²) in [5.41, 5.74) is 2.92. The second-order valence-electron chi connectivity index (χ2n) is 6.16. The molecule has 2 N–H and O–H groups in total. The molecule has 0 aliphatic heterocycles. The number of hydrogen-bond acceptors (Lipinski definition) is 3. The SMILES string of the molecule is Cc1ccccc1C(=O)NC(=S)Nc1c(C)n(C)n(-c2ccccc2)c1=O. The maximum Gasteiger partial charge on any atom is 0.295 e. The highest BCUT2D eigenvalue weighted by Gasteiger charge is 2.18. The predicted molar refractivity (Wildman–Crippen MR) is 111 cm³/mol. The summed E-state index contributed by atoms with van der Waals surface area (Å²) in [6, 6.07) is 16.6. The molecule has 3 aromatic rings. The van der Waals surface area contributed by atoms with Crippen LogP contribution in [-0.2, 0) is 7.05 Å². The Bertz CT molecular complexity index is 1070. The minimum absolute atomic E-state index is 0.0780. The number of aryl methyl sites for hydroxylation is 1. The third-order valence-corrected chi connectivity index (χ3v) is 4.61. The third-order valence-electron chi connectivity index (χ3n) is 4.41. The number of amides is 1. The molecule has 0 aliphatic carbocycles. The number of thiocarbonyl (C=S) groups is 1. The summed E-state index contributed by atoms with van der Waals surface area (Å²) >= 11 is 5.24. The van der Waals surface area contributed by atoms with E-state index < -0.39 is 0 Å². The van der Waals surface area contributed by atoms with Crippen LogP contribution >= 0.6 is 12.2 Å². The summed E-state index contributed by atoms with van der Waals surface area (Å²) in [6.07, 6.45) is 0. The Labute approximate surface area is 162 Å². The number of hydrogen-bond donors (Lipinski definition) is 2. The fourth-order valence-corrected chi connectivity index (χ4v) is 3.05. The van der Waals surface area contributed by atoms with Crippen molar-refractivity contribution >= 4 is 28.9 Å². The lowest BCUT2D eigenvalue weighted by molar-refractivity contribution is 0.0977. The topological polar surface area (TPSA) is 68.1 Å². The molecule has 0 unspecified atom stereocenters. The van der Waals surface area contributed by atoms with Crippen molar-refractivity contribution in [2.75, 3.05) is 5.32 Å². The van der Waals surface area contributed by atoms with Gasteiger partial charge in [-0.1, -0.05) is 36.4 Å². The highest BCUT2D eigenvalue weighted by atomic mass is 32.1. The molecule has 0 atom stereocenters. The van der Waals surface area contributed by atoms with Crippen molar-refractivity contribution in [2.24, 2.45) is 7.05 Å². The van der Waals surface area contributed by atoms with Gasteiger partial charge in [0.1, 0.15) is 5.69 Å². The van der Waals surface area contributed by atoms with Crippen LogP contribution in [0.1, 0.15) is 21.6 Å². The van der Waals surface area contributed by atoms with E-state index in [2.05, 4.69) is 10.6 Å². The van der Waals surface area contributed by atoms with E-state index in [1.807, 2.05) is 56.3 Å². The zero-order valence-electron chi connectivity index (χ0n) is 15.3. The summed E-state index contributed by atoms with van der Waals surface area (Å²) in [4.78, 5) is 25.3. The molecule has 3 rings (SSSR count). The van der Waals surface area contributed by atoms with Crippen LogP contribution in [0, 0.1) is 13.8 Å². The first kappa shape index (κ1) is 18.6. The number of para-hydroxylation sites is 1. The average molecular weight is 380 g/mol. The van der Waals surface area contributed by atoms with E-state index in [4.69, 9.17) is 12.2 Å². The standard InChI is InChI=1S/C20H20N4O2S/c1-13-9-7-8-12-16(13)18(25)22-20(27)21-17-14(2)23(3)24(19(17)26)15-10-5-4-6-11-15/h4-12H,1-3H3,(H2,21,22,25,27). The van der Waals surface area contributed by atoms with Gasteiger partial charge in [-0.15, -0.1) is 0 Å². The van der Waals surface area contributed by atoms with Crippen molar-refractivity contribution in [2.45, 2.75) is 13.8 Å². The van der Waals surface area contributed by atoms with Crippen molar-refractivity contribution in [1.82, 2.24) is 14.7 Å². The van der Waals surface area contributed by atoms with Crippen molar-refractivity contribution in [1.29, 1.82) is 0 Å². The highest BCUT2D eigenvalue weighted by molar-refractivity contribution is 7.80. The van der Waals surface area contributed by atoms with Gasteiger partial charge in [0.2, 0.25) is 0 Å². The lowest BCUT2D eigenvalue weighted by Crippen LogP contribution is -2.36. The normalized spacial score (nSPS) is 10.5. The third kappa shape index (κ3) is 3.68. The summed E-state index contributed by atoms with van der Waals surface area (Å²) in [5.74, 6) is -0.317. The molecule has 7 heteroatoms. The minimum atomic E-state index is -0.317. The Kier molecular flexibility index (Phi) is 5.23. The number of aromatic nitrogens is 2. The van der Waals surface area contributed by atoms with Crippen molar-refractivity contribution in [3.8, 4) is 5.69 Å². The van der Waals surface area contributed by atoms with Crippen LogP contribution in [0.15, 0.2) is 59.4 Å². The van der Waals surface area contributed by atoms with Crippen molar-refractivity contribution < 1.29 is 4.79 Å². The number of carbonyl (C=O) groups is 1. The fourth-order valence-electron chi connectivity index (χ4n) is 2.86. The number of rotatable bonds is 3. The average Bonchev–Trinajstić information content (AvgIpc) is 2.86. The van der Waals surface area contributed by atoms with Crippen LogP contribution in [0.4, 0.5) is 5.69 Å². The van der Waals surface area contributed by atoms with Gasteiger partial charge in [-0.25, -0.2) is 4.68 Å². The largest absolute Gasteiger partial charge is 0.326 e. The molecule has 0 fully saturated rings. The first-order chi connectivity index (χ1) is 12.9. The molecule has 6 nitrogen and oxygen atoms in total. The highest BCUT2D eigenvalue weighted by Crippen LogP contribution is 2.14. The molecule has 1 amide bonds. The summed E-state index contributed by atoms with van der Waals surface area (Å²) in [6.45, 7) is 3.67. The van der Waals surface area contributed by atoms with Crippen LogP contribution in [0.5, 0.6) is 0 Å². The van der Waals surface area contributed by atoms with Crippen molar-refractivity contribution in [3.05, 3.63) is 81.8 Å². The van der Waals surface area contributed by atoms with Gasteiger partial charge in [-0.3, -0.25) is 19.6 Å². The number of benzene rings is 2. The molecule has 1 heterocycles. The van der Waals surface area contributed by atoms with Gasteiger partial charge >= 0.3 is 0 Å². The van der Waals surface area contributed by atoms with Gasteiger partial charge in [-0.2, -0.15) is 0 Å². The van der Waals surface area contributed by atoms with E-state index in [9.17, 15) is 9.59 Å². The molecule has 1 aromatic heterocycles. The molecule has 0 saturated heterocycles. The molecule has 27 heavy (non-hydrogen) atoms. The lowest BCUT2D eigenvalue weighted by Gasteiger charge is -2.10. The van der Waals surface area contributed by atoms with E-state index in [1.54, 1.807) is 28.5 Å². The molecular formula is C20H20N4O2S. The number of carbonyl (C=O) groups excluding carboxylic acids is 1. The molecule has 0 saturated carbocycles. The maximum atomic E-state index is 12.9. The first-order valence-corrected chi connectivity index (χ1v) is 8.83. The molecule has 0 radical (unpaired) electrons. The molecule has 0 aliphatic rings. The molecule has 0 bridgehead atoms. The first-order valence-electron chi connectivity index (χ1n) is 8.42. The number of anilines is 1. The Morgan fingerprint density at radius 3 is 2.30 bits per heavy atom. The van der Waals surface area contributed by atoms with Gasteiger partial charge in [0, 0.05) is 12.6 Å². The van der Waals surface area contributed by atoms with Gasteiger partial charge < -0.3 is 5.32 Å². The fraction of sp³-hybridized carbons (Fsp3) is 0.150. The van der Waals surface area contributed by atoms with Crippen LogP contribution in [0.25, 0.3) is 5.69 Å². The zero-order valence-corrected chi connectivity index (χ0v) is 16.1. The number of nitrogens with one attached hydrogen (secondary N) is 2. The lowest BCUT2D eigenvalue weighted by atomic mass is 10.1. The van der Waals surface area contributed by atoms with Gasteiger partial charge in [-0.05, 0) is 49.8 Å². The van der Waals surface area contributed by atoms with Crippen LogP contribution in [0.3, 0.4) is 0 Å². The Morgan fingerprint density at radius 2 is 1.63 bits per heavy atom. The second-order valence-corrected chi connectivity index (χ2v) is 6.57. The van der Waals surface area contributed by atoms with Crippen molar-refractivity contribution in [3.63, 3.8) is 0 Å². The molecule has 138 valence electrons. The van der Waals surface area contributed by atoms with E-state index in [0.717, 1.165) is 11.3 Å². The maximum absolute atomic E-state index is 12.9. The van der Waals surface area contributed by atoms with E-state index in [0.29, 0.717) is 16.9 Å². The molecular weight excluding hydrogens is 360 g/mol. The Hall–Kier alpha value is -3.19. The Balaban J connectivity index is 1.84. The van der Waals surface area contributed by atoms with Gasteiger partial charge in [0.15, 0.2) is 5.11 Å². The number of nitrogens with zero attached hydrogens (tertiary/aromatic N) is 2. The van der Waals surface area contributed by atoms with Gasteiger partial charge in [0.25, 0.3) is 11.5 Å². The summed E-state index contributed by atoms with van der Waals surface area (Å²) in [5, 5.41) is 5.59. The quantitative estimate of drug-likeness (QED) is 0.686. The zero-order chi connectivity index (χ0) is 19.6. The molecule has 2 aromatic carbocycles. The minimum Gasteiger partial charge on any atom is -0.326 e. The van der Waals surface area contributed by atoms with E-state index in [-0.39, 0.29) is 16.6 Å². The molecule has 0 spiro atoms. The second kappa shape index (κ2) is 7.59. The monoisotopic (exact) mass is 380 g/mol. The summed E-state index contributed by atoms with van der Waals surface area (Å²) < 4.78 is 3.29. The predicted octanol–water partition coefficient (Wildman–Crippen LogP) is 2.92. The Morgan fingerprint density at radius 1 is 1.00 bits per heavy atom. The van der Waals surface area contributed by atoms with E-state index >= 15 is 0 Å². The van der Waals surface area contributed by atoms with Gasteiger partial charge in [0.05, 0.1) is 11.4 Å². The summed E-state index contributed by atoms with van der Waals surface area (Å²) in [7, 11) is 1.80. The smallest absolute Gasteiger partial charge is 0.295 e. The van der Waals surface area contributed by atoms with E-state index in [1.165, 1.54) is 0 Å². The van der Waals surface area contributed by atoms with Crippen LogP contribution in [0.2, 0.25) is 0 Å². The van der Waals surface area contributed by atoms with Crippen LogP contribution in [-0.4, -0.2) is 20.4 Å².